The Bertz CT molecular complexity index is 183. The summed E-state index contributed by atoms with van der Waals surface area (Å²) in [4.78, 5) is 8.95. The second-order valence-electron chi connectivity index (χ2n) is 0.969. The van der Waals surface area contributed by atoms with Crippen LogP contribution in [-0.4, -0.2) is 52.8 Å². The van der Waals surface area contributed by atoms with Crippen molar-refractivity contribution < 1.29 is 4.92 Å². The van der Waals surface area contributed by atoms with Crippen molar-refractivity contribution in [2.24, 2.45) is 0 Å². The van der Waals surface area contributed by atoms with Crippen molar-refractivity contribution in [1.82, 2.24) is 20.6 Å². The van der Waals surface area contributed by atoms with Gasteiger partial charge in [0.05, 0.1) is 5.10 Å². The minimum atomic E-state index is -0.733. The molecule has 1 N–H and O–H groups in total. The van der Waals surface area contributed by atoms with Crippen molar-refractivity contribution in [3.63, 3.8) is 0 Å². The summed E-state index contributed by atoms with van der Waals surface area (Å²) < 4.78 is 0. The fraction of sp³-hybridized carbons (Fsp3) is 0. The molecule has 0 saturated heterocycles. The smallest absolute Gasteiger partial charge is 0.390 e. The van der Waals surface area contributed by atoms with Crippen molar-refractivity contribution in [3.05, 3.63) is 10.1 Å². The Kier molecular flexibility index (Phi) is 3.19. The normalized spacial score (nSPS) is 8.00. The summed E-state index contributed by atoms with van der Waals surface area (Å²) in [6, 6.07) is 0. The van der Waals surface area contributed by atoms with Gasteiger partial charge in [-0.2, -0.15) is 0 Å². The first-order valence-electron chi connectivity index (χ1n) is 1.68. The summed E-state index contributed by atoms with van der Waals surface area (Å²) >= 11 is 0. The Morgan fingerprint density at radius 1 is 1.67 bits per heavy atom. The maximum atomic E-state index is 9.68. The van der Waals surface area contributed by atoms with Gasteiger partial charge in [-0.25, -0.2) is 0 Å². The molecule has 0 amide bonds. The Morgan fingerprint density at radius 3 is 2.56 bits per heavy atom. The third-order valence-electron chi connectivity index (χ3n) is 0.497. The van der Waals surface area contributed by atoms with Crippen LogP contribution in [-0.2, 0) is 0 Å². The molecule has 0 fully saturated rings. The molecule has 1 heterocycles. The van der Waals surface area contributed by atoms with E-state index in [1.54, 1.807) is 0 Å². The molecule has 0 atom stereocenters. The van der Waals surface area contributed by atoms with Crippen LogP contribution in [0.15, 0.2) is 0 Å². The number of aromatic nitrogens is 4. The maximum absolute atomic E-state index is 9.68. The maximum Gasteiger partial charge on any atom is 0.514 e. The summed E-state index contributed by atoms with van der Waals surface area (Å²) in [7, 11) is 0. The van der Waals surface area contributed by atoms with Gasteiger partial charge >= 0.3 is 5.95 Å². The van der Waals surface area contributed by atoms with E-state index in [1.807, 2.05) is 5.21 Å². The average Bonchev–Trinajstić information content (AvgIpc) is 2.12. The molecule has 9 heavy (non-hydrogen) atoms. The molecule has 7 nitrogen and oxygen atoms in total. The summed E-state index contributed by atoms with van der Waals surface area (Å²) in [5.41, 5.74) is 0. The van der Waals surface area contributed by atoms with E-state index in [0.717, 1.165) is 0 Å². The summed E-state index contributed by atoms with van der Waals surface area (Å²) in [5.74, 6) is -0.509. The molecule has 0 aliphatic heterocycles. The van der Waals surface area contributed by atoms with Crippen molar-refractivity contribution >= 4 is 33.2 Å². The van der Waals surface area contributed by atoms with E-state index in [-0.39, 0.29) is 27.3 Å². The minimum Gasteiger partial charge on any atom is -0.390 e. The number of nitrogens with zero attached hydrogens (tertiary/aromatic N) is 4. The van der Waals surface area contributed by atoms with Crippen molar-refractivity contribution in [2.75, 3.05) is 0 Å². The second kappa shape index (κ2) is 3.42. The number of hydrogen-bond acceptors (Lipinski definition) is 5. The molecule has 1 aromatic rings. The van der Waals surface area contributed by atoms with Crippen LogP contribution in [0.25, 0.3) is 0 Å². The van der Waals surface area contributed by atoms with Gasteiger partial charge in [0.15, 0.2) is 0 Å². The number of tetrazole rings is 1. The van der Waals surface area contributed by atoms with Gasteiger partial charge in [-0.3, -0.25) is 0 Å². The third-order valence-corrected chi connectivity index (χ3v) is 0.497. The van der Waals surface area contributed by atoms with Crippen molar-refractivity contribution in [2.45, 2.75) is 0 Å². The molecule has 1 aromatic heterocycles. The third kappa shape index (κ3) is 1.99. The van der Waals surface area contributed by atoms with Crippen LogP contribution >= 0.6 is 0 Å². The standard InChI is InChI=1S/CHN5O2.Pb/c7-6(8)1-2-4-5-3-1;/h(H,2,3,4,5);. The van der Waals surface area contributed by atoms with Gasteiger partial charge in [-0.05, 0) is 4.92 Å². The van der Waals surface area contributed by atoms with Gasteiger partial charge in [0.2, 0.25) is 0 Å². The molecule has 0 saturated carbocycles. The monoisotopic (exact) mass is 323 g/mol. The van der Waals surface area contributed by atoms with Gasteiger partial charge in [0.25, 0.3) is 0 Å². The van der Waals surface area contributed by atoms with E-state index in [9.17, 15) is 10.1 Å². The predicted molar refractivity (Wildman–Crippen MR) is 26.6 cm³/mol. The average molecular weight is 322 g/mol. The fourth-order valence-electron chi connectivity index (χ4n) is 0.234. The van der Waals surface area contributed by atoms with Gasteiger partial charge < -0.3 is 10.1 Å². The van der Waals surface area contributed by atoms with E-state index in [1.165, 1.54) is 0 Å². The van der Waals surface area contributed by atoms with Crippen LogP contribution in [0.4, 0.5) is 5.95 Å². The largest absolute Gasteiger partial charge is 0.514 e. The number of H-pyrrole nitrogens is 1. The molecule has 0 aliphatic carbocycles. The molecule has 0 spiro atoms. The number of rotatable bonds is 1. The topological polar surface area (TPSA) is 97.6 Å². The quantitative estimate of drug-likeness (QED) is 0.395. The molecule has 4 radical (unpaired) electrons. The Morgan fingerprint density at radius 2 is 2.33 bits per heavy atom. The van der Waals surface area contributed by atoms with E-state index in [2.05, 4.69) is 15.4 Å². The SMILES string of the molecule is O=[N+]([O-])c1nn[nH]n1.[Pb]. The van der Waals surface area contributed by atoms with E-state index >= 15 is 0 Å². The molecule has 0 unspecified atom stereocenters. The number of nitrogens with one attached hydrogen (secondary N) is 1. The number of aromatic amines is 1. The molecule has 8 heteroatoms. The van der Waals surface area contributed by atoms with Crippen LogP contribution in [0.1, 0.15) is 0 Å². The summed E-state index contributed by atoms with van der Waals surface area (Å²) in [6.07, 6.45) is 0. The Hall–Kier alpha value is -0.608. The van der Waals surface area contributed by atoms with Gasteiger partial charge in [0, 0.05) is 37.6 Å². The fourth-order valence-corrected chi connectivity index (χ4v) is 0.234. The second-order valence-corrected chi connectivity index (χ2v) is 0.969. The van der Waals surface area contributed by atoms with Crippen molar-refractivity contribution in [1.29, 1.82) is 0 Å². The minimum absolute atomic E-state index is 0. The molecular weight excluding hydrogens is 321 g/mol. The van der Waals surface area contributed by atoms with E-state index in [4.69, 9.17) is 0 Å². The molecular formula is CHN5O2Pb. The Balaban J connectivity index is 0.000000640. The molecule has 0 aliphatic rings. The van der Waals surface area contributed by atoms with Crippen LogP contribution in [0.2, 0.25) is 0 Å². The zero-order valence-corrected chi connectivity index (χ0v) is 7.99. The van der Waals surface area contributed by atoms with E-state index < -0.39 is 10.9 Å². The van der Waals surface area contributed by atoms with Gasteiger partial charge in [-0.1, -0.05) is 5.21 Å². The van der Waals surface area contributed by atoms with Crippen LogP contribution in [0.3, 0.4) is 0 Å². The first-order valence-corrected chi connectivity index (χ1v) is 1.68. The summed E-state index contributed by atoms with van der Waals surface area (Å²) in [6.45, 7) is 0. The molecule has 0 aromatic carbocycles. The molecule has 0 bridgehead atoms. The van der Waals surface area contributed by atoms with Crippen LogP contribution < -0.4 is 0 Å². The van der Waals surface area contributed by atoms with Crippen molar-refractivity contribution in [3.8, 4) is 0 Å². The van der Waals surface area contributed by atoms with Gasteiger partial charge in [0.1, 0.15) is 0 Å². The van der Waals surface area contributed by atoms with Crippen LogP contribution in [0.5, 0.6) is 0 Å². The Labute approximate surface area is 69.1 Å². The number of hydrogen-bond donors (Lipinski definition) is 1. The molecule has 1 rings (SSSR count). The zero-order chi connectivity index (χ0) is 5.98. The van der Waals surface area contributed by atoms with Gasteiger partial charge in [-0.15, -0.1) is 0 Å². The van der Waals surface area contributed by atoms with E-state index in [0.29, 0.717) is 0 Å². The first kappa shape index (κ1) is 8.39. The van der Waals surface area contributed by atoms with Crippen LogP contribution in [0, 0.1) is 10.1 Å². The number of nitro groups is 1. The zero-order valence-electron chi connectivity index (χ0n) is 4.11. The molecule has 46 valence electrons. The first-order chi connectivity index (χ1) is 3.80. The predicted octanol–water partition coefficient (Wildman–Crippen LogP) is -1.27. The summed E-state index contributed by atoms with van der Waals surface area (Å²) in [5, 5.41) is 20.7.